The van der Waals surface area contributed by atoms with Gasteiger partial charge in [0.2, 0.25) is 0 Å². The van der Waals surface area contributed by atoms with Crippen molar-refractivity contribution in [3.05, 3.63) is 48.6 Å². The Morgan fingerprint density at radius 1 is 0.870 bits per heavy atom. The first-order chi connectivity index (χ1) is 11.2. The molecule has 0 saturated carbocycles. The third-order valence-electron chi connectivity index (χ3n) is 3.46. The van der Waals surface area contributed by atoms with Crippen LogP contribution in [0.5, 0.6) is 0 Å². The van der Waals surface area contributed by atoms with E-state index in [1.165, 1.54) is 31.8 Å². The molecule has 0 aromatic rings. The van der Waals surface area contributed by atoms with Crippen molar-refractivity contribution in [1.82, 2.24) is 0 Å². The standard InChI is InChI=1S/C20H32O3/c1-2-16-19(21)17-14-12-10-8-6-4-3-5-7-9-11-13-15-18-20(22)23/h3,5,7,9,11,13,15,18-19,21H,2,4,6,8,10,12,14,16-17H2,1H3,(H,22,23). The van der Waals surface area contributed by atoms with Crippen LogP contribution in [-0.2, 0) is 4.79 Å². The first kappa shape index (κ1) is 21.4. The Morgan fingerprint density at radius 3 is 2.17 bits per heavy atom. The lowest BCUT2D eigenvalue weighted by Crippen LogP contribution is -2.04. The topological polar surface area (TPSA) is 57.5 Å². The number of allylic oxidation sites excluding steroid dienone is 7. The molecular formula is C20H32O3. The van der Waals surface area contributed by atoms with Gasteiger partial charge < -0.3 is 10.2 Å². The summed E-state index contributed by atoms with van der Waals surface area (Å²) >= 11 is 0. The van der Waals surface area contributed by atoms with E-state index in [0.29, 0.717) is 0 Å². The minimum Gasteiger partial charge on any atom is -0.478 e. The highest BCUT2D eigenvalue weighted by molar-refractivity contribution is 5.80. The molecule has 3 nitrogen and oxygen atoms in total. The van der Waals surface area contributed by atoms with Crippen molar-refractivity contribution in [2.45, 2.75) is 70.8 Å². The van der Waals surface area contributed by atoms with Gasteiger partial charge in [-0.1, -0.05) is 81.6 Å². The second-order valence-electron chi connectivity index (χ2n) is 5.68. The van der Waals surface area contributed by atoms with E-state index >= 15 is 0 Å². The number of carbonyl (C=O) groups is 1. The molecule has 2 N–H and O–H groups in total. The molecule has 0 heterocycles. The molecule has 0 aliphatic rings. The zero-order valence-electron chi connectivity index (χ0n) is 14.4. The summed E-state index contributed by atoms with van der Waals surface area (Å²) in [4.78, 5) is 10.2. The average molecular weight is 320 g/mol. The predicted molar refractivity (Wildman–Crippen MR) is 97.4 cm³/mol. The largest absolute Gasteiger partial charge is 0.478 e. The van der Waals surface area contributed by atoms with Crippen LogP contribution in [0, 0.1) is 0 Å². The van der Waals surface area contributed by atoms with Gasteiger partial charge in [0, 0.05) is 6.08 Å². The van der Waals surface area contributed by atoms with E-state index < -0.39 is 5.97 Å². The van der Waals surface area contributed by atoms with Crippen LogP contribution in [-0.4, -0.2) is 22.3 Å². The van der Waals surface area contributed by atoms with Gasteiger partial charge in [0.1, 0.15) is 0 Å². The molecule has 0 saturated heterocycles. The zero-order valence-corrected chi connectivity index (χ0v) is 14.4. The van der Waals surface area contributed by atoms with Crippen molar-refractivity contribution in [3.63, 3.8) is 0 Å². The summed E-state index contributed by atoms with van der Waals surface area (Å²) in [6.45, 7) is 2.11. The number of aliphatic hydroxyl groups excluding tert-OH is 1. The maximum Gasteiger partial charge on any atom is 0.328 e. The Morgan fingerprint density at radius 2 is 1.48 bits per heavy atom. The normalized spacial score (nSPS) is 13.8. The number of rotatable bonds is 14. The van der Waals surface area contributed by atoms with Gasteiger partial charge in [0.05, 0.1) is 6.10 Å². The quantitative estimate of drug-likeness (QED) is 0.263. The maximum atomic E-state index is 10.2. The van der Waals surface area contributed by atoms with E-state index in [1.54, 1.807) is 12.2 Å². The number of carboxylic acids is 1. The highest BCUT2D eigenvalue weighted by Crippen LogP contribution is 2.11. The van der Waals surface area contributed by atoms with Crippen molar-refractivity contribution < 1.29 is 15.0 Å². The Hall–Kier alpha value is -1.61. The summed E-state index contributed by atoms with van der Waals surface area (Å²) in [5.41, 5.74) is 0. The Balaban J connectivity index is 3.42. The van der Waals surface area contributed by atoms with Crippen molar-refractivity contribution in [3.8, 4) is 0 Å². The molecular weight excluding hydrogens is 288 g/mol. The van der Waals surface area contributed by atoms with Crippen molar-refractivity contribution >= 4 is 5.97 Å². The second-order valence-corrected chi connectivity index (χ2v) is 5.68. The van der Waals surface area contributed by atoms with E-state index in [2.05, 4.69) is 13.0 Å². The smallest absolute Gasteiger partial charge is 0.328 e. The maximum absolute atomic E-state index is 10.2. The molecule has 130 valence electrons. The van der Waals surface area contributed by atoms with E-state index in [1.807, 2.05) is 18.2 Å². The SMILES string of the molecule is CCCC(O)CCCCCCCC=CC=CC=CC=CC(=O)O. The van der Waals surface area contributed by atoms with Crippen LogP contribution in [0.2, 0.25) is 0 Å². The molecule has 0 aromatic carbocycles. The number of hydrogen-bond donors (Lipinski definition) is 2. The van der Waals surface area contributed by atoms with Crippen molar-refractivity contribution in [1.29, 1.82) is 0 Å². The van der Waals surface area contributed by atoms with Gasteiger partial charge in [-0.15, -0.1) is 0 Å². The fraction of sp³-hybridized carbons (Fsp3) is 0.550. The van der Waals surface area contributed by atoms with E-state index in [0.717, 1.165) is 38.2 Å². The minimum absolute atomic E-state index is 0.0941. The van der Waals surface area contributed by atoms with E-state index in [9.17, 15) is 9.90 Å². The van der Waals surface area contributed by atoms with Crippen LogP contribution in [0.1, 0.15) is 64.7 Å². The molecule has 0 spiro atoms. The number of unbranched alkanes of at least 4 members (excludes halogenated alkanes) is 5. The zero-order chi connectivity index (χ0) is 17.2. The van der Waals surface area contributed by atoms with Gasteiger partial charge in [-0.25, -0.2) is 4.79 Å². The number of carboxylic acid groups (broad SMARTS) is 1. The fourth-order valence-corrected chi connectivity index (χ4v) is 2.22. The monoisotopic (exact) mass is 320 g/mol. The molecule has 0 radical (unpaired) electrons. The van der Waals surface area contributed by atoms with Crippen LogP contribution >= 0.6 is 0 Å². The summed E-state index contributed by atoms with van der Waals surface area (Å²) in [5.74, 6) is -0.935. The summed E-state index contributed by atoms with van der Waals surface area (Å²) in [6, 6.07) is 0. The van der Waals surface area contributed by atoms with Gasteiger partial charge in [-0.05, 0) is 25.7 Å². The molecule has 1 unspecified atom stereocenters. The first-order valence-corrected chi connectivity index (χ1v) is 8.74. The van der Waals surface area contributed by atoms with Gasteiger partial charge in [-0.2, -0.15) is 0 Å². The van der Waals surface area contributed by atoms with Crippen LogP contribution in [0.4, 0.5) is 0 Å². The van der Waals surface area contributed by atoms with Crippen LogP contribution in [0.3, 0.4) is 0 Å². The summed E-state index contributed by atoms with van der Waals surface area (Å²) in [7, 11) is 0. The Labute approximate surface area is 141 Å². The lowest BCUT2D eigenvalue weighted by molar-refractivity contribution is -0.131. The molecule has 3 heteroatoms. The van der Waals surface area contributed by atoms with Crippen LogP contribution < -0.4 is 0 Å². The highest BCUT2D eigenvalue weighted by atomic mass is 16.4. The van der Waals surface area contributed by atoms with Crippen molar-refractivity contribution in [2.75, 3.05) is 0 Å². The fourth-order valence-electron chi connectivity index (χ4n) is 2.22. The molecule has 0 rings (SSSR count). The van der Waals surface area contributed by atoms with E-state index in [4.69, 9.17) is 5.11 Å². The second kappa shape index (κ2) is 16.8. The molecule has 0 amide bonds. The summed E-state index contributed by atoms with van der Waals surface area (Å²) in [6.07, 6.45) is 24.1. The number of aliphatic carboxylic acids is 1. The molecule has 0 fully saturated rings. The van der Waals surface area contributed by atoms with Gasteiger partial charge >= 0.3 is 5.97 Å². The highest BCUT2D eigenvalue weighted by Gasteiger charge is 2.01. The van der Waals surface area contributed by atoms with Gasteiger partial charge in [0.25, 0.3) is 0 Å². The van der Waals surface area contributed by atoms with Gasteiger partial charge in [0.15, 0.2) is 0 Å². The molecule has 0 aliphatic carbocycles. The Kier molecular flexibility index (Phi) is 15.6. The van der Waals surface area contributed by atoms with Crippen LogP contribution in [0.15, 0.2) is 48.6 Å². The van der Waals surface area contributed by atoms with Gasteiger partial charge in [-0.3, -0.25) is 0 Å². The lowest BCUT2D eigenvalue weighted by atomic mass is 10.0. The third-order valence-corrected chi connectivity index (χ3v) is 3.46. The molecule has 23 heavy (non-hydrogen) atoms. The van der Waals surface area contributed by atoms with E-state index in [-0.39, 0.29) is 6.10 Å². The predicted octanol–water partition coefficient (Wildman–Crippen LogP) is 5.19. The minimum atomic E-state index is -0.935. The summed E-state index contributed by atoms with van der Waals surface area (Å²) < 4.78 is 0. The molecule has 0 bridgehead atoms. The average Bonchev–Trinajstić information content (AvgIpc) is 2.51. The molecule has 0 aromatic heterocycles. The number of aliphatic hydroxyl groups is 1. The first-order valence-electron chi connectivity index (χ1n) is 8.74. The number of hydrogen-bond acceptors (Lipinski definition) is 2. The third kappa shape index (κ3) is 18.3. The molecule has 0 aliphatic heterocycles. The molecule has 1 atom stereocenters. The summed E-state index contributed by atoms with van der Waals surface area (Å²) in [5, 5.41) is 18.0. The lowest BCUT2D eigenvalue weighted by Gasteiger charge is -2.08. The van der Waals surface area contributed by atoms with Crippen molar-refractivity contribution in [2.24, 2.45) is 0 Å². The van der Waals surface area contributed by atoms with Crippen LogP contribution in [0.25, 0.3) is 0 Å². The Bertz CT molecular complexity index is 392.